The van der Waals surface area contributed by atoms with Crippen molar-refractivity contribution in [1.82, 2.24) is 5.32 Å². The van der Waals surface area contributed by atoms with Crippen molar-refractivity contribution in [3.05, 3.63) is 12.2 Å². The molecule has 0 radical (unpaired) electrons. The maximum absolute atomic E-state index is 11.7. The van der Waals surface area contributed by atoms with Crippen LogP contribution in [0, 0.1) is 5.92 Å². The lowest BCUT2D eigenvalue weighted by molar-refractivity contribution is -0.125. The number of nitrogens with one attached hydrogen (secondary N) is 1. The first kappa shape index (κ1) is 10.2. The molecule has 0 heterocycles. The standard InChI is InChI=1S/C9H13F2NO/c10-8(11)6-12-9(13)7-4-2-1-3-5-7/h1-2,7-8H,3-6H2,(H,12,13). The molecule has 13 heavy (non-hydrogen) atoms. The van der Waals surface area contributed by atoms with Crippen molar-refractivity contribution in [1.29, 1.82) is 0 Å². The lowest BCUT2D eigenvalue weighted by atomic mass is 9.94. The normalized spacial score (nSPS) is 21.9. The predicted octanol–water partition coefficient (Wildman–Crippen LogP) is 1.72. The molecule has 0 aliphatic heterocycles. The zero-order valence-corrected chi connectivity index (χ0v) is 7.30. The van der Waals surface area contributed by atoms with Crippen molar-refractivity contribution < 1.29 is 13.6 Å². The number of allylic oxidation sites excluding steroid dienone is 2. The number of alkyl halides is 2. The van der Waals surface area contributed by atoms with Crippen LogP contribution in [0.25, 0.3) is 0 Å². The average Bonchev–Trinajstić information content (AvgIpc) is 2.15. The van der Waals surface area contributed by atoms with Gasteiger partial charge < -0.3 is 5.32 Å². The van der Waals surface area contributed by atoms with Gasteiger partial charge in [0, 0.05) is 5.92 Å². The van der Waals surface area contributed by atoms with Gasteiger partial charge in [0.15, 0.2) is 0 Å². The summed E-state index contributed by atoms with van der Waals surface area (Å²) in [4.78, 5) is 11.2. The van der Waals surface area contributed by atoms with Crippen LogP contribution in [0.1, 0.15) is 19.3 Å². The molecule has 74 valence electrons. The van der Waals surface area contributed by atoms with Gasteiger partial charge in [0.1, 0.15) is 0 Å². The summed E-state index contributed by atoms with van der Waals surface area (Å²) < 4.78 is 23.5. The highest BCUT2D eigenvalue weighted by Gasteiger charge is 2.18. The Labute approximate surface area is 76.0 Å². The molecule has 0 fully saturated rings. The van der Waals surface area contributed by atoms with E-state index in [2.05, 4.69) is 5.32 Å². The van der Waals surface area contributed by atoms with E-state index in [1.807, 2.05) is 12.2 Å². The zero-order valence-electron chi connectivity index (χ0n) is 7.30. The number of amides is 1. The second-order valence-electron chi connectivity index (χ2n) is 3.12. The van der Waals surface area contributed by atoms with E-state index in [-0.39, 0.29) is 11.8 Å². The van der Waals surface area contributed by atoms with E-state index in [0.717, 1.165) is 12.8 Å². The minimum atomic E-state index is -2.46. The summed E-state index contributed by atoms with van der Waals surface area (Å²) in [5, 5.41) is 2.23. The van der Waals surface area contributed by atoms with Gasteiger partial charge in [-0.1, -0.05) is 12.2 Å². The van der Waals surface area contributed by atoms with Gasteiger partial charge in [-0.15, -0.1) is 0 Å². The van der Waals surface area contributed by atoms with Crippen LogP contribution in [0.2, 0.25) is 0 Å². The maximum Gasteiger partial charge on any atom is 0.255 e. The third kappa shape index (κ3) is 3.53. The Morgan fingerprint density at radius 3 is 2.85 bits per heavy atom. The summed E-state index contributed by atoms with van der Waals surface area (Å²) in [6.45, 7) is -0.529. The van der Waals surface area contributed by atoms with Crippen LogP contribution in [0.3, 0.4) is 0 Å². The second kappa shape index (κ2) is 4.94. The van der Waals surface area contributed by atoms with Gasteiger partial charge in [-0.25, -0.2) is 8.78 Å². The van der Waals surface area contributed by atoms with E-state index in [1.54, 1.807) is 0 Å². The summed E-state index contributed by atoms with van der Waals surface area (Å²) >= 11 is 0. The Kier molecular flexibility index (Phi) is 3.86. The molecular formula is C9H13F2NO. The molecule has 0 aromatic heterocycles. The van der Waals surface area contributed by atoms with Crippen molar-refractivity contribution in [3.63, 3.8) is 0 Å². The Balaban J connectivity index is 2.26. The smallest absolute Gasteiger partial charge is 0.255 e. The molecule has 1 unspecified atom stereocenters. The molecule has 0 spiro atoms. The second-order valence-corrected chi connectivity index (χ2v) is 3.12. The highest BCUT2D eigenvalue weighted by Crippen LogP contribution is 2.17. The third-order valence-electron chi connectivity index (χ3n) is 2.07. The van der Waals surface area contributed by atoms with Gasteiger partial charge in [0.2, 0.25) is 5.91 Å². The minimum absolute atomic E-state index is 0.108. The van der Waals surface area contributed by atoms with Gasteiger partial charge in [-0.05, 0) is 19.3 Å². The minimum Gasteiger partial charge on any atom is -0.350 e. The van der Waals surface area contributed by atoms with Crippen LogP contribution in [0.5, 0.6) is 0 Å². The van der Waals surface area contributed by atoms with Crippen molar-refractivity contribution in [2.75, 3.05) is 6.54 Å². The molecular weight excluding hydrogens is 176 g/mol. The molecule has 1 rings (SSSR count). The number of halogens is 2. The van der Waals surface area contributed by atoms with Gasteiger partial charge in [-0.3, -0.25) is 4.79 Å². The number of hydrogen-bond donors (Lipinski definition) is 1. The molecule has 1 aliphatic carbocycles. The molecule has 0 saturated carbocycles. The lowest BCUT2D eigenvalue weighted by Gasteiger charge is -2.16. The van der Waals surface area contributed by atoms with Gasteiger partial charge in [-0.2, -0.15) is 0 Å². The fourth-order valence-corrected chi connectivity index (χ4v) is 1.35. The third-order valence-corrected chi connectivity index (χ3v) is 2.07. The van der Waals surface area contributed by atoms with Crippen molar-refractivity contribution in [2.45, 2.75) is 25.7 Å². The van der Waals surface area contributed by atoms with E-state index in [4.69, 9.17) is 0 Å². The number of hydrogen-bond acceptors (Lipinski definition) is 1. The summed E-state index contributed by atoms with van der Waals surface area (Å²) in [6.07, 6.45) is 3.79. The van der Waals surface area contributed by atoms with Crippen LogP contribution >= 0.6 is 0 Å². The Morgan fingerprint density at radius 2 is 2.31 bits per heavy atom. The Morgan fingerprint density at radius 1 is 1.54 bits per heavy atom. The molecule has 1 amide bonds. The molecule has 1 atom stereocenters. The summed E-state index contributed by atoms with van der Waals surface area (Å²) in [5.74, 6) is -0.353. The van der Waals surface area contributed by atoms with E-state index < -0.39 is 13.0 Å². The average molecular weight is 189 g/mol. The first-order valence-electron chi connectivity index (χ1n) is 4.41. The highest BCUT2D eigenvalue weighted by molar-refractivity contribution is 5.78. The van der Waals surface area contributed by atoms with Gasteiger partial charge >= 0.3 is 0 Å². The van der Waals surface area contributed by atoms with Crippen LogP contribution in [0.4, 0.5) is 8.78 Å². The fraction of sp³-hybridized carbons (Fsp3) is 0.667. The first-order valence-corrected chi connectivity index (χ1v) is 4.41. The van der Waals surface area contributed by atoms with Crippen LogP contribution in [-0.2, 0) is 4.79 Å². The monoisotopic (exact) mass is 189 g/mol. The molecule has 0 saturated heterocycles. The number of rotatable bonds is 3. The quantitative estimate of drug-likeness (QED) is 0.673. The van der Waals surface area contributed by atoms with Crippen LogP contribution in [-0.4, -0.2) is 18.9 Å². The first-order chi connectivity index (χ1) is 6.20. The van der Waals surface area contributed by atoms with Crippen molar-refractivity contribution in [3.8, 4) is 0 Å². The molecule has 1 N–H and O–H groups in total. The zero-order chi connectivity index (χ0) is 9.68. The van der Waals surface area contributed by atoms with Crippen LogP contribution in [0.15, 0.2) is 12.2 Å². The summed E-state index contributed by atoms with van der Waals surface area (Å²) in [5.41, 5.74) is 0. The largest absolute Gasteiger partial charge is 0.350 e. The lowest BCUT2D eigenvalue weighted by Crippen LogP contribution is -2.34. The van der Waals surface area contributed by atoms with E-state index in [1.165, 1.54) is 0 Å². The van der Waals surface area contributed by atoms with Gasteiger partial charge in [0.05, 0.1) is 6.54 Å². The topological polar surface area (TPSA) is 29.1 Å². The SMILES string of the molecule is O=C(NCC(F)F)C1CC=CCC1. The molecule has 0 aromatic rings. The van der Waals surface area contributed by atoms with Crippen molar-refractivity contribution >= 4 is 5.91 Å². The summed E-state index contributed by atoms with van der Waals surface area (Å²) in [7, 11) is 0. The summed E-state index contributed by atoms with van der Waals surface area (Å²) in [6, 6.07) is 0. The highest BCUT2D eigenvalue weighted by atomic mass is 19.3. The van der Waals surface area contributed by atoms with Crippen molar-refractivity contribution in [2.24, 2.45) is 5.92 Å². The Bertz CT molecular complexity index is 204. The predicted molar refractivity (Wildman–Crippen MR) is 45.5 cm³/mol. The van der Waals surface area contributed by atoms with Crippen LogP contribution < -0.4 is 5.32 Å². The number of carbonyl (C=O) groups excluding carboxylic acids is 1. The molecule has 1 aliphatic rings. The molecule has 2 nitrogen and oxygen atoms in total. The number of carbonyl (C=O) groups is 1. The maximum atomic E-state index is 11.7. The molecule has 0 bridgehead atoms. The molecule has 0 aromatic carbocycles. The van der Waals surface area contributed by atoms with E-state index >= 15 is 0 Å². The molecule has 4 heteroatoms. The van der Waals surface area contributed by atoms with E-state index in [0.29, 0.717) is 6.42 Å². The Hall–Kier alpha value is -0.930. The fourth-order valence-electron chi connectivity index (χ4n) is 1.35. The van der Waals surface area contributed by atoms with E-state index in [9.17, 15) is 13.6 Å². The van der Waals surface area contributed by atoms with Gasteiger partial charge in [0.25, 0.3) is 6.43 Å².